The lowest BCUT2D eigenvalue weighted by molar-refractivity contribution is -0.114. The lowest BCUT2D eigenvalue weighted by Crippen LogP contribution is -2.14. The van der Waals surface area contributed by atoms with Gasteiger partial charge in [0.2, 0.25) is 5.91 Å². The van der Waals surface area contributed by atoms with Gasteiger partial charge >= 0.3 is 0 Å². The molecule has 0 fully saturated rings. The number of ether oxygens (including phenoxy) is 1. The number of hydrogen-bond donors (Lipinski definition) is 2. The number of rotatable bonds is 8. The first-order valence-electron chi connectivity index (χ1n) is 8.92. The van der Waals surface area contributed by atoms with Crippen molar-refractivity contribution in [2.45, 2.75) is 40.0 Å². The number of carbonyl (C=O) groups excluding carboxylic acids is 2. The van der Waals surface area contributed by atoms with Crippen LogP contribution in [0.1, 0.15) is 49.0 Å². The van der Waals surface area contributed by atoms with Crippen molar-refractivity contribution in [2.24, 2.45) is 0 Å². The van der Waals surface area contributed by atoms with E-state index in [1.54, 1.807) is 36.4 Å². The SMILES string of the molecule is CCCCCOc1ccc(C(=O)Nc2cccc(NC(C)=O)c2C)cc1. The quantitative estimate of drug-likeness (QED) is 0.671. The summed E-state index contributed by atoms with van der Waals surface area (Å²) < 4.78 is 5.66. The maximum Gasteiger partial charge on any atom is 0.255 e. The minimum atomic E-state index is -0.203. The van der Waals surface area contributed by atoms with Crippen LogP contribution in [0.15, 0.2) is 42.5 Å². The van der Waals surface area contributed by atoms with E-state index in [2.05, 4.69) is 17.6 Å². The highest BCUT2D eigenvalue weighted by atomic mass is 16.5. The van der Waals surface area contributed by atoms with Gasteiger partial charge in [-0.3, -0.25) is 9.59 Å². The number of anilines is 2. The third-order valence-corrected chi connectivity index (χ3v) is 4.03. The third kappa shape index (κ3) is 5.62. The van der Waals surface area contributed by atoms with Crippen LogP contribution in [0, 0.1) is 6.92 Å². The summed E-state index contributed by atoms with van der Waals surface area (Å²) in [5, 5.41) is 5.64. The normalized spacial score (nSPS) is 10.3. The van der Waals surface area contributed by atoms with E-state index in [0.29, 0.717) is 23.5 Å². The molecule has 2 rings (SSSR count). The van der Waals surface area contributed by atoms with Crippen LogP contribution >= 0.6 is 0 Å². The maximum atomic E-state index is 12.5. The molecule has 0 aliphatic heterocycles. The molecule has 0 aliphatic carbocycles. The smallest absolute Gasteiger partial charge is 0.255 e. The number of benzene rings is 2. The molecular formula is C21H26N2O3. The first-order valence-corrected chi connectivity index (χ1v) is 8.92. The van der Waals surface area contributed by atoms with Crippen LogP contribution in [0.3, 0.4) is 0 Å². The van der Waals surface area contributed by atoms with Gasteiger partial charge in [0.1, 0.15) is 5.75 Å². The molecule has 0 spiro atoms. The molecule has 2 aromatic rings. The van der Waals surface area contributed by atoms with Crippen molar-refractivity contribution in [3.8, 4) is 5.75 Å². The topological polar surface area (TPSA) is 67.4 Å². The van der Waals surface area contributed by atoms with Crippen molar-refractivity contribution in [1.29, 1.82) is 0 Å². The van der Waals surface area contributed by atoms with Crippen LogP contribution in [-0.2, 0) is 4.79 Å². The van der Waals surface area contributed by atoms with Crippen LogP contribution in [0.25, 0.3) is 0 Å². The van der Waals surface area contributed by atoms with E-state index in [1.807, 2.05) is 13.0 Å². The third-order valence-electron chi connectivity index (χ3n) is 4.03. The van der Waals surface area contributed by atoms with Crippen molar-refractivity contribution >= 4 is 23.2 Å². The Morgan fingerprint density at radius 3 is 2.23 bits per heavy atom. The highest BCUT2D eigenvalue weighted by Crippen LogP contribution is 2.24. The van der Waals surface area contributed by atoms with E-state index >= 15 is 0 Å². The molecule has 0 unspecified atom stereocenters. The molecule has 2 N–H and O–H groups in total. The Hall–Kier alpha value is -2.82. The minimum Gasteiger partial charge on any atom is -0.494 e. The molecule has 0 aliphatic rings. The van der Waals surface area contributed by atoms with Crippen LogP contribution in [0.4, 0.5) is 11.4 Å². The lowest BCUT2D eigenvalue weighted by Gasteiger charge is -2.13. The second kappa shape index (κ2) is 9.61. The Morgan fingerprint density at radius 2 is 1.62 bits per heavy atom. The minimum absolute atomic E-state index is 0.147. The van der Waals surface area contributed by atoms with Crippen molar-refractivity contribution < 1.29 is 14.3 Å². The Morgan fingerprint density at radius 1 is 0.962 bits per heavy atom. The van der Waals surface area contributed by atoms with Crippen molar-refractivity contribution in [3.05, 3.63) is 53.6 Å². The molecule has 26 heavy (non-hydrogen) atoms. The molecule has 2 aromatic carbocycles. The fourth-order valence-corrected chi connectivity index (χ4v) is 2.54. The lowest BCUT2D eigenvalue weighted by atomic mass is 10.1. The van der Waals surface area contributed by atoms with Crippen LogP contribution in [0.2, 0.25) is 0 Å². The Bertz CT molecular complexity index is 754. The first-order chi connectivity index (χ1) is 12.5. The highest BCUT2D eigenvalue weighted by Gasteiger charge is 2.10. The first kappa shape index (κ1) is 19.5. The molecule has 0 saturated heterocycles. The zero-order chi connectivity index (χ0) is 18.9. The molecule has 5 nitrogen and oxygen atoms in total. The summed E-state index contributed by atoms with van der Waals surface area (Å²) in [6.07, 6.45) is 3.34. The average molecular weight is 354 g/mol. The molecular weight excluding hydrogens is 328 g/mol. The van der Waals surface area contributed by atoms with Crippen molar-refractivity contribution in [3.63, 3.8) is 0 Å². The molecule has 0 heterocycles. The molecule has 0 radical (unpaired) electrons. The van der Waals surface area contributed by atoms with E-state index in [0.717, 1.165) is 30.6 Å². The van der Waals surface area contributed by atoms with E-state index < -0.39 is 0 Å². The summed E-state index contributed by atoms with van der Waals surface area (Å²) in [6.45, 7) is 6.15. The molecule has 0 saturated carbocycles. The Kier molecular flexibility index (Phi) is 7.21. The molecule has 138 valence electrons. The average Bonchev–Trinajstić information content (AvgIpc) is 2.62. The van der Waals surface area contributed by atoms with Gasteiger partial charge in [-0.05, 0) is 55.3 Å². The van der Waals surface area contributed by atoms with Gasteiger partial charge in [0.25, 0.3) is 5.91 Å². The van der Waals surface area contributed by atoms with Crippen molar-refractivity contribution in [2.75, 3.05) is 17.2 Å². The highest BCUT2D eigenvalue weighted by molar-refractivity contribution is 6.05. The van der Waals surface area contributed by atoms with Gasteiger partial charge in [-0.25, -0.2) is 0 Å². The Labute approximate surface area is 154 Å². The fourth-order valence-electron chi connectivity index (χ4n) is 2.54. The zero-order valence-electron chi connectivity index (χ0n) is 15.6. The molecule has 5 heteroatoms. The van der Waals surface area contributed by atoms with Crippen molar-refractivity contribution in [1.82, 2.24) is 0 Å². The molecule has 0 aromatic heterocycles. The van der Waals surface area contributed by atoms with Crippen LogP contribution in [-0.4, -0.2) is 18.4 Å². The predicted molar refractivity (Wildman–Crippen MR) is 105 cm³/mol. The predicted octanol–water partition coefficient (Wildman–Crippen LogP) is 4.77. The standard InChI is InChI=1S/C21H26N2O3/c1-4-5-6-14-26-18-12-10-17(11-13-18)21(25)23-20-9-7-8-19(15(20)2)22-16(3)24/h7-13H,4-6,14H2,1-3H3,(H,22,24)(H,23,25). The van der Waals surface area contributed by atoms with Crippen LogP contribution in [0.5, 0.6) is 5.75 Å². The van der Waals surface area contributed by atoms with Gasteiger partial charge in [0, 0.05) is 23.9 Å². The van der Waals surface area contributed by atoms with E-state index in [1.165, 1.54) is 6.92 Å². The monoisotopic (exact) mass is 354 g/mol. The second-order valence-corrected chi connectivity index (χ2v) is 6.19. The van der Waals surface area contributed by atoms with Gasteiger partial charge < -0.3 is 15.4 Å². The maximum absolute atomic E-state index is 12.5. The summed E-state index contributed by atoms with van der Waals surface area (Å²) in [6, 6.07) is 12.5. The summed E-state index contributed by atoms with van der Waals surface area (Å²) >= 11 is 0. The van der Waals surface area contributed by atoms with Gasteiger partial charge in [-0.2, -0.15) is 0 Å². The van der Waals surface area contributed by atoms with Gasteiger partial charge in [0.15, 0.2) is 0 Å². The summed E-state index contributed by atoms with van der Waals surface area (Å²) in [7, 11) is 0. The largest absolute Gasteiger partial charge is 0.494 e. The number of carbonyl (C=O) groups is 2. The van der Waals surface area contributed by atoms with E-state index in [4.69, 9.17) is 4.74 Å². The Balaban J connectivity index is 2.00. The van der Waals surface area contributed by atoms with Gasteiger partial charge in [-0.1, -0.05) is 25.8 Å². The fraction of sp³-hybridized carbons (Fsp3) is 0.333. The van der Waals surface area contributed by atoms with Crippen LogP contribution < -0.4 is 15.4 Å². The van der Waals surface area contributed by atoms with E-state index in [9.17, 15) is 9.59 Å². The number of unbranched alkanes of at least 4 members (excludes halogenated alkanes) is 2. The summed E-state index contributed by atoms with van der Waals surface area (Å²) in [4.78, 5) is 23.7. The van der Waals surface area contributed by atoms with Gasteiger partial charge in [-0.15, -0.1) is 0 Å². The number of nitrogens with one attached hydrogen (secondary N) is 2. The van der Waals surface area contributed by atoms with Gasteiger partial charge in [0.05, 0.1) is 6.61 Å². The number of hydrogen-bond acceptors (Lipinski definition) is 3. The molecule has 0 bridgehead atoms. The van der Waals surface area contributed by atoms with E-state index in [-0.39, 0.29) is 11.8 Å². The molecule has 0 atom stereocenters. The molecule has 2 amide bonds. The summed E-state index contributed by atoms with van der Waals surface area (Å²) in [5.41, 5.74) is 2.72. The zero-order valence-corrected chi connectivity index (χ0v) is 15.6. The number of amides is 2. The summed E-state index contributed by atoms with van der Waals surface area (Å²) in [5.74, 6) is 0.415. The second-order valence-electron chi connectivity index (χ2n) is 6.19.